The third kappa shape index (κ3) is 6.11. The Labute approximate surface area is 273 Å². The number of allylic oxidation sites excluding steroid dienone is 2. The molecule has 0 unspecified atom stereocenters. The first-order valence-electron chi connectivity index (χ1n) is 14.2. The Bertz CT molecular complexity index is 2050. The largest absolute Gasteiger partial charge is 0.427 e. The molecule has 4 heterocycles. The zero-order chi connectivity index (χ0) is 35.2. The van der Waals surface area contributed by atoms with Crippen molar-refractivity contribution in [3.63, 3.8) is 0 Å². The van der Waals surface area contributed by atoms with Gasteiger partial charge in [-0.15, -0.1) is 11.3 Å². The zero-order valence-corrected chi connectivity index (χ0v) is 25.9. The first-order valence-corrected chi connectivity index (χ1v) is 15.0. The number of anilines is 2. The number of rotatable bonds is 8. The van der Waals surface area contributed by atoms with Crippen LogP contribution in [0.1, 0.15) is 50.0 Å². The summed E-state index contributed by atoms with van der Waals surface area (Å²) >= 11 is 0.371. The number of fused-ring (bicyclic) bond motifs is 3. The number of halogens is 3. The second-order valence-corrected chi connectivity index (χ2v) is 13.3. The van der Waals surface area contributed by atoms with E-state index in [2.05, 4.69) is 20.3 Å². The minimum atomic E-state index is -4.62. The van der Waals surface area contributed by atoms with Gasteiger partial charge in [0.2, 0.25) is 5.91 Å². The molecule has 0 spiro atoms. The number of aliphatic hydroxyl groups is 6. The van der Waals surface area contributed by atoms with E-state index in [0.29, 0.717) is 33.4 Å². The van der Waals surface area contributed by atoms with Gasteiger partial charge in [-0.2, -0.15) is 13.2 Å². The number of aromatic nitrogens is 5. The Morgan fingerprint density at radius 1 is 1.00 bits per heavy atom. The van der Waals surface area contributed by atoms with Crippen molar-refractivity contribution in [2.45, 2.75) is 63.2 Å². The average Bonchev–Trinajstić information content (AvgIpc) is 3.54. The molecule has 0 saturated heterocycles. The maximum absolute atomic E-state index is 13.6. The van der Waals surface area contributed by atoms with Crippen LogP contribution < -0.4 is 16.3 Å². The standard InChI is InChI=1S/C28H27BF3N7O8S/c1-24(2,42)13-5-14(21-34-11-18(48-21)26(30,31)32)35-20(6-13)36-19-7-16-17(10-33-19)39(27(29,43)44)23(41)38(16)15-3-4-25(8-12(15)9-25)22(40)37-28(45,46)47/h5-7,10-11,42-47H,3-4,8-9H2,1-2H3,(H,37,40)(H,33,35,36). The van der Waals surface area contributed by atoms with Crippen molar-refractivity contribution >= 4 is 53.5 Å². The number of hydrogen-bond donors (Lipinski definition) is 8. The molecule has 1 fully saturated rings. The molecule has 4 aromatic heterocycles. The second-order valence-electron chi connectivity index (χ2n) is 12.3. The number of alkyl halides is 3. The van der Waals surface area contributed by atoms with Crippen molar-refractivity contribution in [1.29, 1.82) is 0 Å². The number of carbonyl (C=O) groups is 1. The van der Waals surface area contributed by atoms with Crippen LogP contribution in [0.2, 0.25) is 0 Å². The number of nitrogens with zero attached hydrogens (tertiary/aromatic N) is 5. The van der Waals surface area contributed by atoms with Crippen molar-refractivity contribution in [3.8, 4) is 10.7 Å². The van der Waals surface area contributed by atoms with Crippen LogP contribution >= 0.6 is 11.3 Å². The van der Waals surface area contributed by atoms with Crippen LogP contribution in [0.25, 0.3) is 27.4 Å². The highest BCUT2D eigenvalue weighted by molar-refractivity contribution is 7.15. The van der Waals surface area contributed by atoms with Crippen molar-refractivity contribution < 1.29 is 48.6 Å². The third-order valence-corrected chi connectivity index (χ3v) is 9.30. The van der Waals surface area contributed by atoms with Crippen molar-refractivity contribution in [2.75, 3.05) is 5.32 Å². The fourth-order valence-electron chi connectivity index (χ4n) is 5.96. The SMILES string of the molecule is [B]C(O)(O)n1c(=O)n(C2=C3CC(C(=O)NC(O)(O)O)(CC2)C3)c2cc(Nc3cc(C(C)(C)O)cc(-c4ncc(C(F)(F)F)s4)n3)ncc21. The number of carbonyl (C=O) groups excluding carboxylic acids is 1. The van der Waals surface area contributed by atoms with E-state index in [0.717, 1.165) is 6.20 Å². The summed E-state index contributed by atoms with van der Waals surface area (Å²) in [5, 5.41) is 63.4. The maximum atomic E-state index is 13.6. The summed E-state index contributed by atoms with van der Waals surface area (Å²) in [5.41, 5.74) is -2.07. The molecule has 8 N–H and O–H groups in total. The predicted octanol–water partition coefficient (Wildman–Crippen LogP) is 0.917. The van der Waals surface area contributed by atoms with Crippen molar-refractivity contribution in [3.05, 3.63) is 57.1 Å². The van der Waals surface area contributed by atoms with Gasteiger partial charge in [0.15, 0.2) is 13.7 Å². The summed E-state index contributed by atoms with van der Waals surface area (Å²) in [7, 11) is 5.52. The highest BCUT2D eigenvalue weighted by Crippen LogP contribution is 2.56. The molecule has 3 aliphatic rings. The number of imidazole rings is 1. The first kappa shape index (κ1) is 33.7. The molecule has 48 heavy (non-hydrogen) atoms. The summed E-state index contributed by atoms with van der Waals surface area (Å²) in [5.74, 6) is -3.84. The second kappa shape index (κ2) is 10.9. The van der Waals surface area contributed by atoms with Gasteiger partial charge in [-0.25, -0.2) is 24.3 Å². The molecular formula is C28H27BF3N7O8S. The van der Waals surface area contributed by atoms with Crippen LogP contribution in [0.3, 0.4) is 0 Å². The molecule has 4 aromatic rings. The van der Waals surface area contributed by atoms with E-state index < -0.39 is 45.6 Å². The van der Waals surface area contributed by atoms with Gasteiger partial charge in [0, 0.05) is 11.8 Å². The molecule has 20 heteroatoms. The van der Waals surface area contributed by atoms with Gasteiger partial charge in [0.1, 0.15) is 27.2 Å². The summed E-state index contributed by atoms with van der Waals surface area (Å²) < 4.78 is 41.5. The lowest BCUT2D eigenvalue weighted by Gasteiger charge is -2.48. The summed E-state index contributed by atoms with van der Waals surface area (Å²) in [6, 6.07) is 4.23. The average molecular weight is 689 g/mol. The van der Waals surface area contributed by atoms with E-state index in [1.54, 1.807) is 5.32 Å². The molecule has 0 atom stereocenters. The molecule has 0 aromatic carbocycles. The first-order chi connectivity index (χ1) is 22.1. The van der Waals surface area contributed by atoms with Crippen LogP contribution in [-0.2, 0) is 22.4 Å². The molecule has 1 amide bonds. The molecule has 3 aliphatic carbocycles. The van der Waals surface area contributed by atoms with Crippen LogP contribution in [0, 0.1) is 5.41 Å². The van der Waals surface area contributed by atoms with Gasteiger partial charge >= 0.3 is 18.0 Å². The number of nitrogens with one attached hydrogen (secondary N) is 2. The van der Waals surface area contributed by atoms with Crippen molar-refractivity contribution in [2.24, 2.45) is 5.41 Å². The Morgan fingerprint density at radius 3 is 2.23 bits per heavy atom. The molecular weight excluding hydrogens is 662 g/mol. The number of hydrogen-bond acceptors (Lipinski definition) is 13. The van der Waals surface area contributed by atoms with Gasteiger partial charge in [-0.1, -0.05) is 0 Å². The quantitative estimate of drug-likeness (QED) is 0.0955. The molecule has 1 saturated carbocycles. The van der Waals surface area contributed by atoms with Gasteiger partial charge in [0.05, 0.1) is 34.4 Å². The number of thiazole rings is 1. The third-order valence-electron chi connectivity index (χ3n) is 8.23. The van der Waals surface area contributed by atoms with E-state index in [-0.39, 0.29) is 64.6 Å². The minimum absolute atomic E-state index is 0.0303. The molecule has 0 aliphatic heterocycles. The lowest BCUT2D eigenvalue weighted by atomic mass is 9.58. The van der Waals surface area contributed by atoms with E-state index in [1.165, 1.54) is 36.6 Å². The maximum Gasteiger partial charge on any atom is 0.427 e. The highest BCUT2D eigenvalue weighted by Gasteiger charge is 2.52. The van der Waals surface area contributed by atoms with Crippen LogP contribution in [0.15, 0.2) is 41.0 Å². The lowest BCUT2D eigenvalue weighted by Crippen LogP contribution is -2.57. The topological polar surface area (TPSA) is 228 Å². The Morgan fingerprint density at radius 2 is 1.69 bits per heavy atom. The molecule has 15 nitrogen and oxygen atoms in total. The molecule has 7 rings (SSSR count). The molecule has 252 valence electrons. The number of amides is 1. The number of pyridine rings is 2. The Hall–Kier alpha value is -4.18. The summed E-state index contributed by atoms with van der Waals surface area (Å²) in [6.07, 6.45) is -5.74. The zero-order valence-electron chi connectivity index (χ0n) is 25.1. The van der Waals surface area contributed by atoms with Gasteiger partial charge < -0.3 is 36.0 Å². The fourth-order valence-corrected chi connectivity index (χ4v) is 6.71. The molecule has 2 bridgehead atoms. The van der Waals surface area contributed by atoms with Gasteiger partial charge in [0.25, 0.3) is 0 Å². The monoisotopic (exact) mass is 689 g/mol. The fraction of sp³-hybridized carbons (Fsp3) is 0.393. The van der Waals surface area contributed by atoms with Crippen molar-refractivity contribution in [1.82, 2.24) is 29.4 Å². The Kier molecular flexibility index (Phi) is 7.67. The van der Waals surface area contributed by atoms with Crippen LogP contribution in [0.5, 0.6) is 0 Å². The van der Waals surface area contributed by atoms with Gasteiger partial charge in [-0.05, 0) is 62.8 Å². The predicted molar refractivity (Wildman–Crippen MR) is 163 cm³/mol. The highest BCUT2D eigenvalue weighted by atomic mass is 32.1. The molecule has 2 radical (unpaired) electrons. The minimum Gasteiger partial charge on any atom is -0.386 e. The van der Waals surface area contributed by atoms with E-state index in [9.17, 15) is 53.4 Å². The Balaban J connectivity index is 1.41. The normalized spacial score (nSPS) is 16.6. The smallest absolute Gasteiger partial charge is 0.386 e. The van der Waals surface area contributed by atoms with Crippen LogP contribution in [-0.4, -0.2) is 74.6 Å². The van der Waals surface area contributed by atoms with E-state index in [4.69, 9.17) is 7.85 Å². The summed E-state index contributed by atoms with van der Waals surface area (Å²) in [4.78, 5) is 37.8. The lowest BCUT2D eigenvalue weighted by molar-refractivity contribution is -0.327. The van der Waals surface area contributed by atoms with Gasteiger partial charge in [-0.3, -0.25) is 14.7 Å². The van der Waals surface area contributed by atoms with E-state index in [1.807, 2.05) is 0 Å². The van der Waals surface area contributed by atoms with E-state index >= 15 is 0 Å². The summed E-state index contributed by atoms with van der Waals surface area (Å²) in [6.45, 7) is 2.94. The van der Waals surface area contributed by atoms with Crippen LogP contribution in [0.4, 0.5) is 24.8 Å².